The predicted octanol–water partition coefficient (Wildman–Crippen LogP) is 3.77. The zero-order valence-corrected chi connectivity index (χ0v) is 15.7. The van der Waals surface area contributed by atoms with E-state index in [0.29, 0.717) is 5.92 Å². The molecule has 2 unspecified atom stereocenters. The Hall–Kier alpha value is -1.56. The van der Waals surface area contributed by atoms with Crippen LogP contribution in [0, 0.1) is 5.92 Å². The third kappa shape index (κ3) is 5.23. The molecule has 0 heterocycles. The molecule has 2 aromatic rings. The summed E-state index contributed by atoms with van der Waals surface area (Å²) in [7, 11) is 1.82. The lowest BCUT2D eigenvalue weighted by Gasteiger charge is -2.12. The smallest absolute Gasteiger partial charge is 0.191 e. The molecule has 122 valence electrons. The molecule has 0 aromatic heterocycles. The van der Waals surface area contributed by atoms with E-state index in [4.69, 9.17) is 0 Å². The van der Waals surface area contributed by atoms with E-state index in [1.807, 2.05) is 13.1 Å². The lowest BCUT2D eigenvalue weighted by Crippen LogP contribution is -2.38. The molecule has 2 aromatic carbocycles. The van der Waals surface area contributed by atoms with Gasteiger partial charge in [-0.25, -0.2) is 0 Å². The Bertz CT molecular complexity index is 613. The summed E-state index contributed by atoms with van der Waals surface area (Å²) in [6.45, 7) is 1.78. The van der Waals surface area contributed by atoms with Gasteiger partial charge >= 0.3 is 0 Å². The van der Waals surface area contributed by atoms with Crippen LogP contribution >= 0.6 is 24.0 Å². The minimum Gasteiger partial charge on any atom is -0.356 e. The summed E-state index contributed by atoms with van der Waals surface area (Å²) < 4.78 is 0. The number of hydrogen-bond acceptors (Lipinski definition) is 1. The van der Waals surface area contributed by atoms with Crippen molar-refractivity contribution in [3.63, 3.8) is 0 Å². The number of halogens is 1. The Morgan fingerprint density at radius 2 is 1.65 bits per heavy atom. The molecule has 1 aliphatic carbocycles. The lowest BCUT2D eigenvalue weighted by molar-refractivity contribution is 0.719. The van der Waals surface area contributed by atoms with Crippen LogP contribution in [0.5, 0.6) is 0 Å². The Kier molecular flexibility index (Phi) is 6.89. The second kappa shape index (κ2) is 8.91. The van der Waals surface area contributed by atoms with Gasteiger partial charge in [0, 0.05) is 20.1 Å². The lowest BCUT2D eigenvalue weighted by atomic mass is 10.1. The summed E-state index contributed by atoms with van der Waals surface area (Å²) in [5.74, 6) is 2.31. The SMILES string of the molecule is CN=C(NCc1ccccc1)NCC1CC1c1ccccc1.I. The molecule has 0 aliphatic heterocycles. The van der Waals surface area contributed by atoms with E-state index in [-0.39, 0.29) is 24.0 Å². The Balaban J connectivity index is 0.00000192. The van der Waals surface area contributed by atoms with Crippen molar-refractivity contribution < 1.29 is 0 Å². The molecule has 2 atom stereocenters. The molecule has 3 nitrogen and oxygen atoms in total. The Labute approximate surface area is 155 Å². The van der Waals surface area contributed by atoms with Gasteiger partial charge in [0.1, 0.15) is 0 Å². The average Bonchev–Trinajstić information content (AvgIpc) is 3.36. The van der Waals surface area contributed by atoms with Crippen molar-refractivity contribution in [3.05, 3.63) is 71.8 Å². The zero-order chi connectivity index (χ0) is 15.2. The maximum absolute atomic E-state index is 4.30. The van der Waals surface area contributed by atoms with E-state index in [0.717, 1.165) is 25.0 Å². The van der Waals surface area contributed by atoms with Gasteiger partial charge in [-0.2, -0.15) is 0 Å². The predicted molar refractivity (Wildman–Crippen MR) is 107 cm³/mol. The van der Waals surface area contributed by atoms with Crippen molar-refractivity contribution in [2.75, 3.05) is 13.6 Å². The van der Waals surface area contributed by atoms with Gasteiger partial charge in [0.05, 0.1) is 0 Å². The minimum atomic E-state index is 0. The summed E-state index contributed by atoms with van der Waals surface area (Å²) in [4.78, 5) is 4.30. The van der Waals surface area contributed by atoms with Gasteiger partial charge in [-0.1, -0.05) is 60.7 Å². The standard InChI is InChI=1S/C19H23N3.HI/c1-20-19(21-13-15-8-4-2-5-9-15)22-14-17-12-18(17)16-10-6-3-7-11-16;/h2-11,17-18H,12-14H2,1H3,(H2,20,21,22);1H. The first-order chi connectivity index (χ1) is 10.9. The zero-order valence-electron chi connectivity index (χ0n) is 13.4. The molecule has 4 heteroatoms. The fourth-order valence-corrected chi connectivity index (χ4v) is 2.81. The quantitative estimate of drug-likeness (QED) is 0.438. The maximum Gasteiger partial charge on any atom is 0.191 e. The topological polar surface area (TPSA) is 36.4 Å². The third-order valence-corrected chi connectivity index (χ3v) is 4.21. The first-order valence-corrected chi connectivity index (χ1v) is 7.90. The number of nitrogens with one attached hydrogen (secondary N) is 2. The molecular weight excluding hydrogens is 397 g/mol. The molecular formula is C19H24IN3. The molecule has 3 rings (SSSR count). The highest BCUT2D eigenvalue weighted by atomic mass is 127. The fourth-order valence-electron chi connectivity index (χ4n) is 2.81. The van der Waals surface area contributed by atoms with Gasteiger partial charge in [-0.05, 0) is 29.4 Å². The van der Waals surface area contributed by atoms with E-state index < -0.39 is 0 Å². The van der Waals surface area contributed by atoms with E-state index in [1.165, 1.54) is 17.5 Å². The van der Waals surface area contributed by atoms with Crippen molar-refractivity contribution in [1.29, 1.82) is 0 Å². The van der Waals surface area contributed by atoms with E-state index in [9.17, 15) is 0 Å². The molecule has 0 saturated heterocycles. The maximum atomic E-state index is 4.30. The molecule has 0 radical (unpaired) electrons. The van der Waals surface area contributed by atoms with Gasteiger partial charge in [0.15, 0.2) is 5.96 Å². The third-order valence-electron chi connectivity index (χ3n) is 4.21. The van der Waals surface area contributed by atoms with Gasteiger partial charge in [0.25, 0.3) is 0 Å². The van der Waals surface area contributed by atoms with Gasteiger partial charge in [-0.3, -0.25) is 4.99 Å². The van der Waals surface area contributed by atoms with Gasteiger partial charge < -0.3 is 10.6 Å². The molecule has 1 fully saturated rings. The largest absolute Gasteiger partial charge is 0.356 e. The van der Waals surface area contributed by atoms with Crippen LogP contribution in [0.2, 0.25) is 0 Å². The summed E-state index contributed by atoms with van der Waals surface area (Å²) in [5.41, 5.74) is 2.72. The van der Waals surface area contributed by atoms with Crippen molar-refractivity contribution in [1.82, 2.24) is 10.6 Å². The highest BCUT2D eigenvalue weighted by molar-refractivity contribution is 14.0. The molecule has 0 spiro atoms. The molecule has 1 aliphatic rings. The Morgan fingerprint density at radius 3 is 2.30 bits per heavy atom. The molecule has 0 amide bonds. The number of nitrogens with zero attached hydrogens (tertiary/aromatic N) is 1. The molecule has 2 N–H and O–H groups in total. The van der Waals surface area contributed by atoms with Crippen LogP contribution in [0.25, 0.3) is 0 Å². The molecule has 0 bridgehead atoms. The highest BCUT2D eigenvalue weighted by Crippen LogP contribution is 2.46. The number of benzene rings is 2. The van der Waals surface area contributed by atoms with Crippen molar-refractivity contribution in [3.8, 4) is 0 Å². The number of rotatable bonds is 5. The van der Waals surface area contributed by atoms with E-state index in [1.54, 1.807) is 0 Å². The van der Waals surface area contributed by atoms with Crippen LogP contribution in [0.3, 0.4) is 0 Å². The summed E-state index contributed by atoms with van der Waals surface area (Å²) in [5, 5.41) is 6.80. The van der Waals surface area contributed by atoms with Crippen molar-refractivity contribution >= 4 is 29.9 Å². The van der Waals surface area contributed by atoms with E-state index >= 15 is 0 Å². The molecule has 1 saturated carbocycles. The number of hydrogen-bond donors (Lipinski definition) is 2. The number of guanidine groups is 1. The van der Waals surface area contributed by atoms with Crippen LogP contribution in [0.4, 0.5) is 0 Å². The second-order valence-corrected chi connectivity index (χ2v) is 5.81. The highest BCUT2D eigenvalue weighted by Gasteiger charge is 2.37. The number of aliphatic imine (C=N–C) groups is 1. The van der Waals surface area contributed by atoms with E-state index in [2.05, 4.69) is 70.2 Å². The summed E-state index contributed by atoms with van der Waals surface area (Å²) in [6, 6.07) is 21.2. The van der Waals surface area contributed by atoms with Crippen molar-refractivity contribution in [2.45, 2.75) is 18.9 Å². The monoisotopic (exact) mass is 421 g/mol. The van der Waals surface area contributed by atoms with Crippen LogP contribution in [0.1, 0.15) is 23.5 Å². The average molecular weight is 421 g/mol. The van der Waals surface area contributed by atoms with Crippen molar-refractivity contribution in [2.24, 2.45) is 10.9 Å². The van der Waals surface area contributed by atoms with Crippen LogP contribution < -0.4 is 10.6 Å². The summed E-state index contributed by atoms with van der Waals surface area (Å²) in [6.07, 6.45) is 1.27. The van der Waals surface area contributed by atoms with Crippen LogP contribution in [0.15, 0.2) is 65.7 Å². The first kappa shape index (κ1) is 17.8. The minimum absolute atomic E-state index is 0. The van der Waals surface area contributed by atoms with Crippen LogP contribution in [-0.4, -0.2) is 19.6 Å². The summed E-state index contributed by atoms with van der Waals surface area (Å²) >= 11 is 0. The normalized spacial score (nSPS) is 19.6. The molecule has 23 heavy (non-hydrogen) atoms. The van der Waals surface area contributed by atoms with Gasteiger partial charge in [0.2, 0.25) is 0 Å². The second-order valence-electron chi connectivity index (χ2n) is 5.81. The fraction of sp³-hybridized carbons (Fsp3) is 0.316. The first-order valence-electron chi connectivity index (χ1n) is 7.90. The van der Waals surface area contributed by atoms with Crippen LogP contribution in [-0.2, 0) is 6.54 Å². The van der Waals surface area contributed by atoms with Gasteiger partial charge in [-0.15, -0.1) is 24.0 Å². The Morgan fingerprint density at radius 1 is 1.00 bits per heavy atom.